The Balaban J connectivity index is 1.36. The number of carbonyl (C=O) groups is 1. The standard InChI is InChI=1S/C24H29N5O3S/c1-31-19-8-7-18(29-11-13-32-14-12-29)22-21(19)27-24(33-22)28-23(30)16-9-10-25-20(15-16)26-17-5-3-2-4-6-17/h7-10,15,17H,2-6,11-14H2,1H3,(H,25,26)(H,27,28,30). The van der Waals surface area contributed by atoms with Gasteiger partial charge in [-0.1, -0.05) is 30.6 Å². The highest BCUT2D eigenvalue weighted by Gasteiger charge is 2.20. The van der Waals surface area contributed by atoms with Crippen molar-refractivity contribution in [1.29, 1.82) is 0 Å². The molecule has 0 unspecified atom stereocenters. The maximum absolute atomic E-state index is 13.0. The fraction of sp³-hybridized carbons (Fsp3) is 0.458. The molecule has 1 saturated carbocycles. The van der Waals surface area contributed by atoms with Crippen molar-refractivity contribution in [2.75, 3.05) is 48.9 Å². The summed E-state index contributed by atoms with van der Waals surface area (Å²) in [6.45, 7) is 3.06. The van der Waals surface area contributed by atoms with E-state index >= 15 is 0 Å². The van der Waals surface area contributed by atoms with Crippen LogP contribution < -0.4 is 20.3 Å². The molecule has 1 amide bonds. The third-order valence-electron chi connectivity index (χ3n) is 6.26. The van der Waals surface area contributed by atoms with Crippen LogP contribution in [0.2, 0.25) is 0 Å². The third kappa shape index (κ3) is 4.89. The first-order chi connectivity index (χ1) is 16.2. The quantitative estimate of drug-likeness (QED) is 0.550. The highest BCUT2D eigenvalue weighted by Crippen LogP contribution is 2.39. The molecule has 2 aliphatic rings. The number of pyridine rings is 1. The smallest absolute Gasteiger partial charge is 0.257 e. The molecule has 1 aromatic carbocycles. The molecule has 1 aliphatic heterocycles. The summed E-state index contributed by atoms with van der Waals surface area (Å²) in [6, 6.07) is 7.97. The number of anilines is 3. The van der Waals surface area contributed by atoms with E-state index in [0.717, 1.165) is 47.7 Å². The van der Waals surface area contributed by atoms with Crippen LogP contribution in [-0.2, 0) is 4.74 Å². The van der Waals surface area contributed by atoms with Gasteiger partial charge in [0.15, 0.2) is 5.13 Å². The van der Waals surface area contributed by atoms with E-state index in [1.807, 2.05) is 12.1 Å². The Morgan fingerprint density at radius 1 is 1.18 bits per heavy atom. The van der Waals surface area contributed by atoms with Crippen molar-refractivity contribution in [3.8, 4) is 5.75 Å². The van der Waals surface area contributed by atoms with Gasteiger partial charge in [0, 0.05) is 30.9 Å². The Kier molecular flexibility index (Phi) is 6.59. The molecule has 0 bridgehead atoms. The van der Waals surface area contributed by atoms with Crippen LogP contribution in [0.25, 0.3) is 10.2 Å². The molecule has 1 saturated heterocycles. The van der Waals surface area contributed by atoms with Gasteiger partial charge in [0.25, 0.3) is 5.91 Å². The lowest BCUT2D eigenvalue weighted by Crippen LogP contribution is -2.36. The maximum Gasteiger partial charge on any atom is 0.257 e. The molecule has 2 N–H and O–H groups in total. The number of carbonyl (C=O) groups excluding carboxylic acids is 1. The molecule has 0 spiro atoms. The van der Waals surface area contributed by atoms with Gasteiger partial charge in [0.05, 0.1) is 30.7 Å². The first kappa shape index (κ1) is 21.9. The van der Waals surface area contributed by atoms with Crippen molar-refractivity contribution < 1.29 is 14.3 Å². The van der Waals surface area contributed by atoms with Gasteiger partial charge in [-0.05, 0) is 37.1 Å². The number of rotatable bonds is 6. The van der Waals surface area contributed by atoms with Crippen LogP contribution >= 0.6 is 11.3 Å². The number of fused-ring (bicyclic) bond motifs is 1. The fourth-order valence-electron chi connectivity index (χ4n) is 4.52. The van der Waals surface area contributed by atoms with Gasteiger partial charge in [-0.25, -0.2) is 9.97 Å². The summed E-state index contributed by atoms with van der Waals surface area (Å²) in [7, 11) is 1.64. The van der Waals surface area contributed by atoms with E-state index in [2.05, 4.69) is 26.6 Å². The summed E-state index contributed by atoms with van der Waals surface area (Å²) >= 11 is 1.47. The molecule has 0 atom stereocenters. The lowest BCUT2D eigenvalue weighted by Gasteiger charge is -2.29. The topological polar surface area (TPSA) is 88.6 Å². The van der Waals surface area contributed by atoms with Crippen molar-refractivity contribution in [1.82, 2.24) is 9.97 Å². The van der Waals surface area contributed by atoms with Crippen molar-refractivity contribution in [3.05, 3.63) is 36.0 Å². The van der Waals surface area contributed by atoms with Gasteiger partial charge in [0.1, 0.15) is 17.1 Å². The van der Waals surface area contributed by atoms with Gasteiger partial charge in [0.2, 0.25) is 0 Å². The van der Waals surface area contributed by atoms with E-state index in [-0.39, 0.29) is 5.91 Å². The van der Waals surface area contributed by atoms with Crippen LogP contribution in [-0.4, -0.2) is 55.3 Å². The number of hydrogen-bond donors (Lipinski definition) is 2. The number of nitrogens with one attached hydrogen (secondary N) is 2. The fourth-order valence-corrected chi connectivity index (χ4v) is 5.54. The number of amides is 1. The monoisotopic (exact) mass is 467 g/mol. The van der Waals surface area contributed by atoms with Gasteiger partial charge in [-0.3, -0.25) is 10.1 Å². The summed E-state index contributed by atoms with van der Waals surface area (Å²) in [5.74, 6) is 1.24. The highest BCUT2D eigenvalue weighted by atomic mass is 32.1. The largest absolute Gasteiger partial charge is 0.494 e. The Hall–Kier alpha value is -2.91. The van der Waals surface area contributed by atoms with Crippen LogP contribution in [0.4, 0.5) is 16.6 Å². The summed E-state index contributed by atoms with van der Waals surface area (Å²) in [5.41, 5.74) is 2.41. The molecular weight excluding hydrogens is 438 g/mol. The molecule has 2 fully saturated rings. The summed E-state index contributed by atoms with van der Waals surface area (Å²) in [5, 5.41) is 7.01. The predicted molar refractivity (Wildman–Crippen MR) is 132 cm³/mol. The molecule has 8 nitrogen and oxygen atoms in total. The number of thiazole rings is 1. The van der Waals surface area contributed by atoms with Crippen molar-refractivity contribution in [2.24, 2.45) is 0 Å². The Morgan fingerprint density at radius 3 is 2.79 bits per heavy atom. The highest BCUT2D eigenvalue weighted by molar-refractivity contribution is 7.23. The summed E-state index contributed by atoms with van der Waals surface area (Å²) in [4.78, 5) is 24.4. The van der Waals surface area contributed by atoms with Crippen molar-refractivity contribution in [2.45, 2.75) is 38.1 Å². The van der Waals surface area contributed by atoms with E-state index < -0.39 is 0 Å². The average Bonchev–Trinajstić information content (AvgIpc) is 3.28. The molecule has 1 aliphatic carbocycles. The van der Waals surface area contributed by atoms with Crippen LogP contribution in [0.3, 0.4) is 0 Å². The van der Waals surface area contributed by atoms with Crippen LogP contribution in [0, 0.1) is 0 Å². The van der Waals surface area contributed by atoms with Crippen molar-refractivity contribution >= 4 is 44.1 Å². The van der Waals surface area contributed by atoms with Crippen LogP contribution in [0.15, 0.2) is 30.5 Å². The zero-order valence-electron chi connectivity index (χ0n) is 18.8. The summed E-state index contributed by atoms with van der Waals surface area (Å²) in [6.07, 6.45) is 7.76. The Morgan fingerprint density at radius 2 is 2.00 bits per heavy atom. The minimum atomic E-state index is -0.199. The number of hydrogen-bond acceptors (Lipinski definition) is 8. The molecule has 2 aromatic heterocycles. The van der Waals surface area contributed by atoms with E-state index in [1.165, 1.54) is 30.6 Å². The first-order valence-electron chi connectivity index (χ1n) is 11.6. The second-order valence-electron chi connectivity index (χ2n) is 8.45. The van der Waals surface area contributed by atoms with Crippen molar-refractivity contribution in [3.63, 3.8) is 0 Å². The van der Waals surface area contributed by atoms with E-state index in [1.54, 1.807) is 19.4 Å². The maximum atomic E-state index is 13.0. The SMILES string of the molecule is COc1ccc(N2CCOCC2)c2sc(NC(=O)c3ccnc(NC4CCCCC4)c3)nc12. The molecule has 3 heterocycles. The second kappa shape index (κ2) is 9.93. The zero-order chi connectivity index (χ0) is 22.6. The predicted octanol–water partition coefficient (Wildman–Crippen LogP) is 4.53. The number of nitrogens with zero attached hydrogens (tertiary/aromatic N) is 3. The van der Waals surface area contributed by atoms with E-state index in [0.29, 0.717) is 35.7 Å². The van der Waals surface area contributed by atoms with Gasteiger partial charge < -0.3 is 19.7 Å². The molecule has 3 aromatic rings. The lowest BCUT2D eigenvalue weighted by atomic mass is 9.95. The first-order valence-corrected chi connectivity index (χ1v) is 12.4. The van der Waals surface area contributed by atoms with E-state index in [9.17, 15) is 4.79 Å². The van der Waals surface area contributed by atoms with E-state index in [4.69, 9.17) is 14.5 Å². The third-order valence-corrected chi connectivity index (χ3v) is 7.25. The number of methoxy groups -OCH3 is 1. The average molecular weight is 468 g/mol. The van der Waals surface area contributed by atoms with Gasteiger partial charge >= 0.3 is 0 Å². The Labute approximate surface area is 197 Å². The molecule has 33 heavy (non-hydrogen) atoms. The number of aromatic nitrogens is 2. The molecule has 0 radical (unpaired) electrons. The zero-order valence-corrected chi connectivity index (χ0v) is 19.6. The molecule has 9 heteroatoms. The normalized spacial score (nSPS) is 17.2. The molecule has 174 valence electrons. The minimum absolute atomic E-state index is 0.199. The van der Waals surface area contributed by atoms with Crippen LogP contribution in [0.1, 0.15) is 42.5 Å². The number of benzene rings is 1. The van der Waals surface area contributed by atoms with Gasteiger partial charge in [-0.2, -0.15) is 0 Å². The molecular formula is C24H29N5O3S. The summed E-state index contributed by atoms with van der Waals surface area (Å²) < 4.78 is 12.0. The Bertz CT molecular complexity index is 1120. The minimum Gasteiger partial charge on any atom is -0.494 e. The lowest BCUT2D eigenvalue weighted by molar-refractivity contribution is 0.102. The number of ether oxygens (including phenoxy) is 2. The second-order valence-corrected chi connectivity index (χ2v) is 9.45. The van der Waals surface area contributed by atoms with Crippen LogP contribution in [0.5, 0.6) is 5.75 Å². The number of morpholine rings is 1. The van der Waals surface area contributed by atoms with Gasteiger partial charge in [-0.15, -0.1) is 0 Å². The molecule has 5 rings (SSSR count).